The van der Waals surface area contributed by atoms with Gasteiger partial charge in [0.1, 0.15) is 5.75 Å². The molecule has 0 aromatic heterocycles. The van der Waals surface area contributed by atoms with E-state index in [9.17, 15) is 0 Å². The van der Waals surface area contributed by atoms with Gasteiger partial charge in [0, 0.05) is 25.7 Å². The summed E-state index contributed by atoms with van der Waals surface area (Å²) in [6, 6.07) is 10.5. The third-order valence-electron chi connectivity index (χ3n) is 2.60. The first kappa shape index (κ1) is 14.0. The fourth-order valence-electron chi connectivity index (χ4n) is 1.75. The Hall–Kier alpha value is -1.06. The minimum atomic E-state index is 0.558. The number of para-hydroxylation sites is 1. The van der Waals surface area contributed by atoms with Crippen LogP contribution in [0.15, 0.2) is 30.3 Å². The molecule has 0 bridgehead atoms. The Balaban J connectivity index is 0.000000686. The number of ether oxygens (including phenoxy) is 1. The topological polar surface area (TPSA) is 33.3 Å². The van der Waals surface area contributed by atoms with Gasteiger partial charge >= 0.3 is 0 Å². The highest BCUT2D eigenvalue weighted by molar-refractivity contribution is 5.20. The van der Waals surface area contributed by atoms with Gasteiger partial charge in [0.25, 0.3) is 0 Å². The Kier molecular flexibility index (Phi) is 7.43. The van der Waals surface area contributed by atoms with Crippen LogP contribution in [0, 0.1) is 0 Å². The Labute approximate surface area is 105 Å². The van der Waals surface area contributed by atoms with E-state index in [1.165, 1.54) is 0 Å². The van der Waals surface area contributed by atoms with Crippen molar-refractivity contribution in [3.8, 4) is 5.75 Å². The largest absolute Gasteiger partial charge is 0.494 e. The lowest BCUT2D eigenvalue weighted by Crippen LogP contribution is -2.48. The Morgan fingerprint density at radius 2 is 1.94 bits per heavy atom. The molecule has 1 aromatic carbocycles. The van der Waals surface area contributed by atoms with Crippen LogP contribution in [0.3, 0.4) is 0 Å². The molecule has 0 saturated carbocycles. The predicted octanol–water partition coefficient (Wildman–Crippen LogP) is 2.04. The lowest BCUT2D eigenvalue weighted by molar-refractivity contribution is 0.273. The van der Waals surface area contributed by atoms with Crippen molar-refractivity contribution in [1.82, 2.24) is 10.6 Å². The third-order valence-corrected chi connectivity index (χ3v) is 2.60. The summed E-state index contributed by atoms with van der Waals surface area (Å²) < 4.78 is 5.64. The smallest absolute Gasteiger partial charge is 0.119 e. The molecule has 0 spiro atoms. The van der Waals surface area contributed by atoms with Gasteiger partial charge in [-0.1, -0.05) is 32.0 Å². The van der Waals surface area contributed by atoms with Gasteiger partial charge < -0.3 is 15.4 Å². The molecule has 0 radical (unpaired) electrons. The molecule has 2 rings (SSSR count). The van der Waals surface area contributed by atoms with Crippen LogP contribution >= 0.6 is 0 Å². The minimum Gasteiger partial charge on any atom is -0.494 e. The molecular weight excluding hydrogens is 212 g/mol. The standard InChI is InChI=1S/C12H18N2O.C2H6/c1-2-4-12(5-3-1)15-9-6-11-10-13-7-8-14-11;1-2/h1-5,11,13-14H,6-10H2;1-2H3/t11-;/m1./s1. The Morgan fingerprint density at radius 3 is 2.59 bits per heavy atom. The zero-order chi connectivity index (χ0) is 12.3. The molecular formula is C14H24N2O. The van der Waals surface area contributed by atoms with E-state index in [4.69, 9.17) is 4.74 Å². The van der Waals surface area contributed by atoms with Gasteiger partial charge in [-0.15, -0.1) is 0 Å². The summed E-state index contributed by atoms with van der Waals surface area (Å²) in [4.78, 5) is 0. The van der Waals surface area contributed by atoms with Crippen LogP contribution in [-0.2, 0) is 0 Å². The number of piperazine rings is 1. The quantitative estimate of drug-likeness (QED) is 0.839. The first-order chi connectivity index (χ1) is 8.45. The van der Waals surface area contributed by atoms with E-state index in [1.807, 2.05) is 44.2 Å². The Bertz CT molecular complexity index is 271. The van der Waals surface area contributed by atoms with E-state index in [2.05, 4.69) is 10.6 Å². The number of rotatable bonds is 4. The van der Waals surface area contributed by atoms with E-state index in [0.717, 1.165) is 38.4 Å². The van der Waals surface area contributed by atoms with Gasteiger partial charge in [0.2, 0.25) is 0 Å². The van der Waals surface area contributed by atoms with E-state index >= 15 is 0 Å². The Morgan fingerprint density at radius 1 is 1.18 bits per heavy atom. The number of benzene rings is 1. The van der Waals surface area contributed by atoms with Crippen molar-refractivity contribution < 1.29 is 4.74 Å². The first-order valence-corrected chi connectivity index (χ1v) is 6.57. The molecule has 17 heavy (non-hydrogen) atoms. The fourth-order valence-corrected chi connectivity index (χ4v) is 1.75. The van der Waals surface area contributed by atoms with Crippen molar-refractivity contribution in [2.75, 3.05) is 26.2 Å². The molecule has 3 nitrogen and oxygen atoms in total. The van der Waals surface area contributed by atoms with Gasteiger partial charge in [0.05, 0.1) is 6.61 Å². The SMILES string of the molecule is CC.c1ccc(OCC[C@@H]2CNCCN2)cc1. The van der Waals surface area contributed by atoms with Crippen molar-refractivity contribution in [3.05, 3.63) is 30.3 Å². The van der Waals surface area contributed by atoms with E-state index < -0.39 is 0 Å². The van der Waals surface area contributed by atoms with Gasteiger partial charge in [0.15, 0.2) is 0 Å². The molecule has 96 valence electrons. The summed E-state index contributed by atoms with van der Waals surface area (Å²) in [6.45, 7) is 7.98. The zero-order valence-corrected chi connectivity index (χ0v) is 10.9. The molecule has 0 aliphatic carbocycles. The van der Waals surface area contributed by atoms with Crippen LogP contribution in [0.2, 0.25) is 0 Å². The van der Waals surface area contributed by atoms with Crippen LogP contribution in [0.5, 0.6) is 5.75 Å². The van der Waals surface area contributed by atoms with Crippen LogP contribution in [-0.4, -0.2) is 32.3 Å². The number of hydrogen-bond acceptors (Lipinski definition) is 3. The van der Waals surface area contributed by atoms with Crippen LogP contribution in [0.25, 0.3) is 0 Å². The van der Waals surface area contributed by atoms with Crippen LogP contribution in [0.4, 0.5) is 0 Å². The molecule has 1 aromatic rings. The van der Waals surface area contributed by atoms with E-state index in [0.29, 0.717) is 6.04 Å². The lowest BCUT2D eigenvalue weighted by Gasteiger charge is -2.24. The fraction of sp³-hybridized carbons (Fsp3) is 0.571. The molecule has 1 heterocycles. The lowest BCUT2D eigenvalue weighted by atomic mass is 10.2. The maximum absolute atomic E-state index is 5.64. The normalized spacial score (nSPS) is 19.1. The van der Waals surface area contributed by atoms with Crippen molar-refractivity contribution in [2.45, 2.75) is 26.3 Å². The average Bonchev–Trinajstić information content (AvgIpc) is 2.43. The summed E-state index contributed by atoms with van der Waals surface area (Å²) in [6.07, 6.45) is 1.06. The monoisotopic (exact) mass is 236 g/mol. The van der Waals surface area contributed by atoms with Crippen LogP contribution in [0.1, 0.15) is 20.3 Å². The molecule has 1 fully saturated rings. The summed E-state index contributed by atoms with van der Waals surface area (Å²) in [5, 5.41) is 6.83. The molecule has 1 saturated heterocycles. The summed E-state index contributed by atoms with van der Waals surface area (Å²) >= 11 is 0. The van der Waals surface area contributed by atoms with E-state index in [-0.39, 0.29) is 0 Å². The first-order valence-electron chi connectivity index (χ1n) is 6.57. The summed E-state index contributed by atoms with van der Waals surface area (Å²) in [5.74, 6) is 0.960. The predicted molar refractivity (Wildman–Crippen MR) is 72.6 cm³/mol. The maximum Gasteiger partial charge on any atom is 0.119 e. The second kappa shape index (κ2) is 9.02. The minimum absolute atomic E-state index is 0.558. The molecule has 1 aliphatic rings. The van der Waals surface area contributed by atoms with Crippen molar-refractivity contribution >= 4 is 0 Å². The highest BCUT2D eigenvalue weighted by Gasteiger charge is 2.11. The molecule has 0 unspecified atom stereocenters. The van der Waals surface area contributed by atoms with Gasteiger partial charge in [-0.05, 0) is 18.6 Å². The second-order valence-corrected chi connectivity index (χ2v) is 3.81. The molecule has 1 aliphatic heterocycles. The number of hydrogen-bond donors (Lipinski definition) is 2. The van der Waals surface area contributed by atoms with Gasteiger partial charge in [-0.2, -0.15) is 0 Å². The third kappa shape index (κ3) is 5.71. The number of nitrogens with one attached hydrogen (secondary N) is 2. The van der Waals surface area contributed by atoms with E-state index in [1.54, 1.807) is 0 Å². The molecule has 0 amide bonds. The highest BCUT2D eigenvalue weighted by Crippen LogP contribution is 2.08. The zero-order valence-electron chi connectivity index (χ0n) is 10.9. The van der Waals surface area contributed by atoms with Gasteiger partial charge in [-0.25, -0.2) is 0 Å². The van der Waals surface area contributed by atoms with Crippen molar-refractivity contribution in [1.29, 1.82) is 0 Å². The molecule has 3 heteroatoms. The summed E-state index contributed by atoms with van der Waals surface area (Å²) in [7, 11) is 0. The van der Waals surface area contributed by atoms with Crippen LogP contribution < -0.4 is 15.4 Å². The maximum atomic E-state index is 5.64. The van der Waals surface area contributed by atoms with Crippen molar-refractivity contribution in [2.24, 2.45) is 0 Å². The second-order valence-electron chi connectivity index (χ2n) is 3.81. The van der Waals surface area contributed by atoms with Crippen molar-refractivity contribution in [3.63, 3.8) is 0 Å². The molecule has 1 atom stereocenters. The highest BCUT2D eigenvalue weighted by atomic mass is 16.5. The average molecular weight is 236 g/mol. The summed E-state index contributed by atoms with van der Waals surface area (Å²) in [5.41, 5.74) is 0. The molecule has 2 N–H and O–H groups in total. The van der Waals surface area contributed by atoms with Gasteiger partial charge in [-0.3, -0.25) is 0 Å².